The van der Waals surface area contributed by atoms with Crippen LogP contribution in [-0.2, 0) is 19.1 Å². The summed E-state index contributed by atoms with van der Waals surface area (Å²) in [6, 6.07) is 0. The summed E-state index contributed by atoms with van der Waals surface area (Å²) < 4.78 is 8.69. The number of methoxy groups -OCH3 is 2. The molecule has 0 aromatic carbocycles. The van der Waals surface area contributed by atoms with Crippen LogP contribution in [0.3, 0.4) is 0 Å². The lowest BCUT2D eigenvalue weighted by molar-refractivity contribution is -0.134. The summed E-state index contributed by atoms with van der Waals surface area (Å²) in [5.41, 5.74) is 0. The Morgan fingerprint density at radius 1 is 1.50 bits per heavy atom. The maximum atomic E-state index is 9.84. The van der Waals surface area contributed by atoms with E-state index in [0.29, 0.717) is 13.0 Å². The fourth-order valence-corrected chi connectivity index (χ4v) is 0.249. The highest BCUT2D eigenvalue weighted by Crippen LogP contribution is 1.68. The molecule has 0 bridgehead atoms. The standard InChI is InChI=1S/C4H8O2.C4H6O2/c1-6-4-2-3-5;1-3-4(5)6-2/h3H,2,4H2,1H3;3H,1H2,2H3. The second kappa shape index (κ2) is 12.5. The predicted molar refractivity (Wildman–Crippen MR) is 44.8 cm³/mol. The number of hydrogen-bond acceptors (Lipinski definition) is 4. The van der Waals surface area contributed by atoms with E-state index >= 15 is 0 Å². The van der Waals surface area contributed by atoms with Crippen molar-refractivity contribution in [2.45, 2.75) is 6.42 Å². The van der Waals surface area contributed by atoms with E-state index in [0.717, 1.165) is 12.4 Å². The van der Waals surface area contributed by atoms with E-state index in [1.165, 1.54) is 7.11 Å². The Hall–Kier alpha value is -1.16. The van der Waals surface area contributed by atoms with Crippen LogP contribution in [0.15, 0.2) is 12.7 Å². The zero-order valence-corrected chi connectivity index (χ0v) is 7.41. The molecule has 0 aliphatic heterocycles. The largest absolute Gasteiger partial charge is 0.466 e. The van der Waals surface area contributed by atoms with Gasteiger partial charge < -0.3 is 14.3 Å². The summed E-state index contributed by atoms with van der Waals surface area (Å²) >= 11 is 0. The Labute approximate surface area is 72.2 Å². The minimum absolute atomic E-state index is 0.394. The van der Waals surface area contributed by atoms with Crippen LogP contribution < -0.4 is 0 Å². The summed E-state index contributed by atoms with van der Waals surface area (Å²) in [6.45, 7) is 3.70. The molecule has 0 aliphatic rings. The molecule has 0 atom stereocenters. The molecule has 0 aliphatic carbocycles. The fraction of sp³-hybridized carbons (Fsp3) is 0.500. The lowest BCUT2D eigenvalue weighted by atomic mass is 10.5. The third kappa shape index (κ3) is 15.9. The Balaban J connectivity index is 0. The van der Waals surface area contributed by atoms with Gasteiger partial charge in [-0.1, -0.05) is 6.58 Å². The number of carbonyl (C=O) groups is 2. The normalized spacial score (nSPS) is 7.50. The quantitative estimate of drug-likeness (QED) is 0.270. The van der Waals surface area contributed by atoms with E-state index in [4.69, 9.17) is 0 Å². The summed E-state index contributed by atoms with van der Waals surface area (Å²) in [5, 5.41) is 0. The van der Waals surface area contributed by atoms with E-state index in [9.17, 15) is 9.59 Å². The topological polar surface area (TPSA) is 52.6 Å². The molecule has 0 N–H and O–H groups in total. The van der Waals surface area contributed by atoms with Gasteiger partial charge in [0.2, 0.25) is 0 Å². The maximum absolute atomic E-state index is 9.84. The van der Waals surface area contributed by atoms with E-state index < -0.39 is 5.97 Å². The smallest absolute Gasteiger partial charge is 0.329 e. The molecule has 70 valence electrons. The van der Waals surface area contributed by atoms with Crippen molar-refractivity contribution in [1.82, 2.24) is 0 Å². The molecule has 0 saturated carbocycles. The second-order valence-electron chi connectivity index (χ2n) is 1.68. The van der Waals surface area contributed by atoms with Crippen LogP contribution in [0.5, 0.6) is 0 Å². The average Bonchev–Trinajstić information content (AvgIpc) is 2.14. The third-order valence-electron chi connectivity index (χ3n) is 0.808. The van der Waals surface area contributed by atoms with Crippen LogP contribution in [0, 0.1) is 0 Å². The number of ether oxygens (including phenoxy) is 2. The van der Waals surface area contributed by atoms with Gasteiger partial charge in [-0.15, -0.1) is 0 Å². The first kappa shape index (κ1) is 13.4. The van der Waals surface area contributed by atoms with Crippen molar-refractivity contribution in [2.75, 3.05) is 20.8 Å². The predicted octanol–water partition coefficient (Wildman–Crippen LogP) is 0.567. The molecule has 12 heavy (non-hydrogen) atoms. The SMILES string of the molecule is C=CC(=O)OC.COCCC=O. The number of carbonyl (C=O) groups excluding carboxylic acids is 2. The molecule has 0 radical (unpaired) electrons. The van der Waals surface area contributed by atoms with Crippen molar-refractivity contribution >= 4 is 12.3 Å². The third-order valence-corrected chi connectivity index (χ3v) is 0.808. The van der Waals surface area contributed by atoms with Gasteiger partial charge in [-0.05, 0) is 0 Å². The van der Waals surface area contributed by atoms with Gasteiger partial charge in [-0.25, -0.2) is 4.79 Å². The van der Waals surface area contributed by atoms with Gasteiger partial charge >= 0.3 is 5.97 Å². The molecular formula is C8H14O4. The van der Waals surface area contributed by atoms with E-state index in [1.807, 2.05) is 0 Å². The van der Waals surface area contributed by atoms with Crippen LogP contribution in [0.4, 0.5) is 0 Å². The van der Waals surface area contributed by atoms with Crippen LogP contribution >= 0.6 is 0 Å². The summed E-state index contributed by atoms with van der Waals surface area (Å²) in [5.74, 6) is -0.394. The molecule has 0 saturated heterocycles. The van der Waals surface area contributed by atoms with Gasteiger partial charge in [-0.2, -0.15) is 0 Å². The molecule has 0 aromatic rings. The van der Waals surface area contributed by atoms with Crippen molar-refractivity contribution in [3.63, 3.8) is 0 Å². The molecule has 0 unspecified atom stereocenters. The molecule has 0 aromatic heterocycles. The van der Waals surface area contributed by atoms with E-state index in [-0.39, 0.29) is 0 Å². The highest BCUT2D eigenvalue weighted by Gasteiger charge is 1.81. The second-order valence-corrected chi connectivity index (χ2v) is 1.68. The zero-order chi connectivity index (χ0) is 9.82. The molecule has 4 nitrogen and oxygen atoms in total. The molecule has 0 fully saturated rings. The zero-order valence-electron chi connectivity index (χ0n) is 7.41. The number of hydrogen-bond donors (Lipinski definition) is 0. The molecule has 0 rings (SSSR count). The maximum Gasteiger partial charge on any atom is 0.329 e. The molecular weight excluding hydrogens is 160 g/mol. The number of rotatable bonds is 4. The lowest BCUT2D eigenvalue weighted by Crippen LogP contribution is -1.91. The van der Waals surface area contributed by atoms with Crippen molar-refractivity contribution < 1.29 is 19.1 Å². The Morgan fingerprint density at radius 2 is 2.08 bits per heavy atom. The van der Waals surface area contributed by atoms with Crippen molar-refractivity contribution in [2.24, 2.45) is 0 Å². The average molecular weight is 174 g/mol. The Kier molecular flexibility index (Phi) is 14.0. The summed E-state index contributed by atoms with van der Waals surface area (Å²) in [7, 11) is 2.88. The Morgan fingerprint density at radius 3 is 2.17 bits per heavy atom. The monoisotopic (exact) mass is 174 g/mol. The lowest BCUT2D eigenvalue weighted by Gasteiger charge is -1.84. The fourth-order valence-electron chi connectivity index (χ4n) is 0.249. The van der Waals surface area contributed by atoms with Crippen LogP contribution in [-0.4, -0.2) is 33.1 Å². The highest BCUT2D eigenvalue weighted by molar-refractivity contribution is 5.80. The van der Waals surface area contributed by atoms with Crippen molar-refractivity contribution in [3.05, 3.63) is 12.7 Å². The highest BCUT2D eigenvalue weighted by atomic mass is 16.5. The first-order chi connectivity index (χ1) is 5.72. The molecule has 0 heterocycles. The Bertz CT molecular complexity index is 131. The van der Waals surface area contributed by atoms with Gasteiger partial charge in [0.05, 0.1) is 13.7 Å². The number of aldehydes is 1. The van der Waals surface area contributed by atoms with Gasteiger partial charge in [0.25, 0.3) is 0 Å². The van der Waals surface area contributed by atoms with Gasteiger partial charge in [-0.3, -0.25) is 0 Å². The van der Waals surface area contributed by atoms with Gasteiger partial charge in [0.1, 0.15) is 6.29 Å². The molecule has 0 spiro atoms. The number of esters is 1. The van der Waals surface area contributed by atoms with Crippen molar-refractivity contribution in [3.8, 4) is 0 Å². The van der Waals surface area contributed by atoms with Gasteiger partial charge in [0, 0.05) is 19.6 Å². The van der Waals surface area contributed by atoms with E-state index in [2.05, 4.69) is 16.1 Å². The van der Waals surface area contributed by atoms with Crippen LogP contribution in [0.1, 0.15) is 6.42 Å². The summed E-state index contributed by atoms with van der Waals surface area (Å²) in [6.07, 6.45) is 2.46. The minimum atomic E-state index is -0.394. The van der Waals surface area contributed by atoms with Crippen LogP contribution in [0.2, 0.25) is 0 Å². The minimum Gasteiger partial charge on any atom is -0.466 e. The van der Waals surface area contributed by atoms with E-state index in [1.54, 1.807) is 7.11 Å². The first-order valence-electron chi connectivity index (χ1n) is 3.35. The molecule has 0 amide bonds. The van der Waals surface area contributed by atoms with Gasteiger partial charge in [0.15, 0.2) is 0 Å². The first-order valence-corrected chi connectivity index (χ1v) is 3.35. The summed E-state index contributed by atoms with van der Waals surface area (Å²) in [4.78, 5) is 19.3. The van der Waals surface area contributed by atoms with Crippen molar-refractivity contribution in [1.29, 1.82) is 0 Å². The molecule has 4 heteroatoms. The van der Waals surface area contributed by atoms with Crippen LogP contribution in [0.25, 0.3) is 0 Å².